The molecule has 0 aromatic heterocycles. The second kappa shape index (κ2) is 5.85. The number of halogens is 2. The third-order valence-corrected chi connectivity index (χ3v) is 3.44. The summed E-state index contributed by atoms with van der Waals surface area (Å²) in [4.78, 5) is 12.1. The van der Waals surface area contributed by atoms with Gasteiger partial charge in [-0.1, -0.05) is 18.2 Å². The van der Waals surface area contributed by atoms with Crippen molar-refractivity contribution in [1.82, 2.24) is 0 Å². The lowest BCUT2D eigenvalue weighted by Gasteiger charge is -2.09. The van der Waals surface area contributed by atoms with Gasteiger partial charge < -0.3 is 5.32 Å². The number of nitriles is 1. The van der Waals surface area contributed by atoms with Gasteiger partial charge in [0.2, 0.25) is 0 Å². The van der Waals surface area contributed by atoms with Gasteiger partial charge in [0.1, 0.15) is 11.9 Å². The molecule has 0 aliphatic heterocycles. The van der Waals surface area contributed by atoms with Gasteiger partial charge in [-0.15, -0.1) is 0 Å². The average Bonchev–Trinajstić information content (AvgIpc) is 2.42. The van der Waals surface area contributed by atoms with Gasteiger partial charge in [0.05, 0.1) is 21.3 Å². The van der Waals surface area contributed by atoms with Crippen LogP contribution in [0.2, 0.25) is 0 Å². The molecule has 0 saturated heterocycles. The van der Waals surface area contributed by atoms with Gasteiger partial charge >= 0.3 is 0 Å². The first kappa shape index (κ1) is 14.2. The minimum atomic E-state index is -0.629. The van der Waals surface area contributed by atoms with Gasteiger partial charge in [-0.2, -0.15) is 5.26 Å². The van der Waals surface area contributed by atoms with Crippen LogP contribution >= 0.6 is 15.9 Å². The van der Waals surface area contributed by atoms with Crippen molar-refractivity contribution in [3.63, 3.8) is 0 Å². The molecule has 0 bridgehead atoms. The second-order valence-electron chi connectivity index (χ2n) is 4.16. The summed E-state index contributed by atoms with van der Waals surface area (Å²) >= 11 is 3.03. The van der Waals surface area contributed by atoms with Gasteiger partial charge in [0.15, 0.2) is 0 Å². The summed E-state index contributed by atoms with van der Waals surface area (Å²) in [7, 11) is 0. The van der Waals surface area contributed by atoms with Crippen LogP contribution in [0.1, 0.15) is 21.5 Å². The summed E-state index contributed by atoms with van der Waals surface area (Å²) in [6, 6.07) is 11.6. The lowest BCUT2D eigenvalue weighted by Crippen LogP contribution is -2.15. The van der Waals surface area contributed by atoms with Crippen LogP contribution in [-0.4, -0.2) is 5.91 Å². The number of aryl methyl sites for hydroxylation is 1. The molecule has 1 N–H and O–H groups in total. The van der Waals surface area contributed by atoms with Gasteiger partial charge in [-0.3, -0.25) is 4.79 Å². The van der Waals surface area contributed by atoms with Gasteiger partial charge in [0.25, 0.3) is 5.91 Å². The van der Waals surface area contributed by atoms with Crippen molar-refractivity contribution in [3.05, 3.63) is 63.4 Å². The van der Waals surface area contributed by atoms with E-state index in [1.807, 2.05) is 6.07 Å². The molecule has 0 heterocycles. The number of amides is 1. The molecule has 0 saturated carbocycles. The summed E-state index contributed by atoms with van der Waals surface area (Å²) in [5.41, 5.74) is 1.41. The molecule has 5 heteroatoms. The first-order chi connectivity index (χ1) is 9.54. The topological polar surface area (TPSA) is 52.9 Å². The predicted molar refractivity (Wildman–Crippen MR) is 77.9 cm³/mol. The average molecular weight is 333 g/mol. The zero-order valence-corrected chi connectivity index (χ0v) is 12.2. The van der Waals surface area contributed by atoms with E-state index in [9.17, 15) is 9.18 Å². The fraction of sp³-hybridized carbons (Fsp3) is 0.0667. The number of nitrogens with one attached hydrogen (secondary N) is 1. The maximum atomic E-state index is 13.8. The Labute approximate surface area is 124 Å². The summed E-state index contributed by atoms with van der Waals surface area (Å²) in [6.07, 6.45) is 0. The Morgan fingerprint density at radius 1 is 1.30 bits per heavy atom. The molecule has 0 fully saturated rings. The number of carbonyl (C=O) groups excluding carboxylic acids is 1. The summed E-state index contributed by atoms with van der Waals surface area (Å²) in [6.45, 7) is 1.77. The van der Waals surface area contributed by atoms with Crippen molar-refractivity contribution in [2.45, 2.75) is 6.92 Å². The largest absolute Gasteiger partial charge is 0.321 e. The number of rotatable bonds is 2. The first-order valence-corrected chi connectivity index (χ1v) is 6.59. The second-order valence-corrected chi connectivity index (χ2v) is 5.02. The molecule has 2 rings (SSSR count). The fourth-order valence-electron chi connectivity index (χ4n) is 1.79. The van der Waals surface area contributed by atoms with Crippen LogP contribution in [-0.2, 0) is 0 Å². The van der Waals surface area contributed by atoms with E-state index in [0.717, 1.165) is 5.56 Å². The molecular formula is C15H10BrFN2O. The Hall–Kier alpha value is -2.19. The lowest BCUT2D eigenvalue weighted by molar-refractivity contribution is 0.102. The smallest absolute Gasteiger partial charge is 0.258 e. The van der Waals surface area contributed by atoms with Crippen molar-refractivity contribution in [3.8, 4) is 6.07 Å². The number of carbonyl (C=O) groups is 1. The summed E-state index contributed by atoms with van der Waals surface area (Å²) in [5.74, 6) is -1.22. The van der Waals surface area contributed by atoms with Crippen LogP contribution in [0, 0.1) is 24.1 Å². The maximum Gasteiger partial charge on any atom is 0.258 e. The summed E-state index contributed by atoms with van der Waals surface area (Å²) < 4.78 is 14.1. The van der Waals surface area contributed by atoms with Crippen LogP contribution in [0.4, 0.5) is 10.1 Å². The van der Waals surface area contributed by atoms with E-state index in [0.29, 0.717) is 11.3 Å². The Balaban J connectivity index is 2.36. The Bertz CT molecular complexity index is 722. The normalized spacial score (nSPS) is 9.90. The number of hydrogen-bond donors (Lipinski definition) is 1. The molecule has 20 heavy (non-hydrogen) atoms. The van der Waals surface area contributed by atoms with Crippen molar-refractivity contribution in [1.29, 1.82) is 5.26 Å². The van der Waals surface area contributed by atoms with Crippen molar-refractivity contribution >= 4 is 27.5 Å². The first-order valence-electron chi connectivity index (χ1n) is 5.79. The summed E-state index contributed by atoms with van der Waals surface area (Å²) in [5, 5.41) is 11.7. The highest BCUT2D eigenvalue weighted by molar-refractivity contribution is 9.10. The zero-order valence-electron chi connectivity index (χ0n) is 10.6. The molecule has 100 valence electrons. The molecule has 0 atom stereocenters. The molecule has 1 amide bonds. The van der Waals surface area contributed by atoms with E-state index < -0.39 is 11.7 Å². The minimum absolute atomic E-state index is 0.0789. The van der Waals surface area contributed by atoms with E-state index in [4.69, 9.17) is 5.26 Å². The van der Waals surface area contributed by atoms with E-state index in [-0.39, 0.29) is 10.0 Å². The van der Waals surface area contributed by atoms with Crippen molar-refractivity contribution in [2.24, 2.45) is 0 Å². The number of benzene rings is 2. The molecule has 0 unspecified atom stereocenters. The van der Waals surface area contributed by atoms with Gasteiger partial charge in [-0.05, 0) is 46.6 Å². The number of anilines is 1. The third-order valence-electron chi connectivity index (χ3n) is 2.83. The quantitative estimate of drug-likeness (QED) is 0.902. The Morgan fingerprint density at radius 2 is 2.00 bits per heavy atom. The number of nitrogens with zero attached hydrogens (tertiary/aromatic N) is 1. The van der Waals surface area contributed by atoms with Crippen LogP contribution in [0.5, 0.6) is 0 Å². The molecular weight excluding hydrogens is 323 g/mol. The van der Waals surface area contributed by atoms with Crippen molar-refractivity contribution < 1.29 is 9.18 Å². The maximum absolute atomic E-state index is 13.8. The monoisotopic (exact) mass is 332 g/mol. The van der Waals surface area contributed by atoms with Crippen LogP contribution in [0.25, 0.3) is 0 Å². The zero-order chi connectivity index (χ0) is 14.7. The lowest BCUT2D eigenvalue weighted by atomic mass is 10.1. The van der Waals surface area contributed by atoms with E-state index in [1.165, 1.54) is 12.1 Å². The Morgan fingerprint density at radius 3 is 2.70 bits per heavy atom. The highest BCUT2D eigenvalue weighted by Crippen LogP contribution is 2.22. The fourth-order valence-corrected chi connectivity index (χ4v) is 2.16. The molecule has 2 aromatic carbocycles. The minimum Gasteiger partial charge on any atom is -0.321 e. The molecule has 0 aliphatic carbocycles. The number of hydrogen-bond acceptors (Lipinski definition) is 2. The molecule has 2 aromatic rings. The third kappa shape index (κ3) is 2.70. The Kier molecular flexibility index (Phi) is 4.16. The van der Waals surface area contributed by atoms with E-state index in [1.54, 1.807) is 31.2 Å². The highest BCUT2D eigenvalue weighted by atomic mass is 79.9. The molecule has 0 spiro atoms. The van der Waals surface area contributed by atoms with Gasteiger partial charge in [-0.25, -0.2) is 4.39 Å². The SMILES string of the molecule is Cc1cccc(NC(=O)c2cccc(Br)c2F)c1C#N. The van der Waals surface area contributed by atoms with E-state index >= 15 is 0 Å². The van der Waals surface area contributed by atoms with E-state index in [2.05, 4.69) is 21.2 Å². The van der Waals surface area contributed by atoms with Crippen LogP contribution < -0.4 is 5.32 Å². The highest BCUT2D eigenvalue weighted by Gasteiger charge is 2.15. The molecule has 3 nitrogen and oxygen atoms in total. The van der Waals surface area contributed by atoms with Gasteiger partial charge in [0, 0.05) is 0 Å². The predicted octanol–water partition coefficient (Wildman–Crippen LogP) is 4.02. The van der Waals surface area contributed by atoms with Crippen LogP contribution in [0.3, 0.4) is 0 Å². The van der Waals surface area contributed by atoms with Crippen LogP contribution in [0.15, 0.2) is 40.9 Å². The molecule has 0 aliphatic rings. The van der Waals surface area contributed by atoms with Crippen molar-refractivity contribution in [2.75, 3.05) is 5.32 Å². The molecule has 0 radical (unpaired) electrons. The standard InChI is InChI=1S/C15H10BrFN2O/c1-9-4-2-7-13(11(9)8-18)19-15(20)10-5-3-6-12(16)14(10)17/h2-7H,1H3,(H,19,20).